The van der Waals surface area contributed by atoms with E-state index in [4.69, 9.17) is 0 Å². The number of carbonyl (C=O) groups excluding carboxylic acids is 2. The Morgan fingerprint density at radius 3 is 2.96 bits per heavy atom. The molecule has 23 heavy (non-hydrogen) atoms. The molecule has 0 bridgehead atoms. The molecule has 120 valence electrons. The fraction of sp³-hybridized carbons (Fsp3) is 0.400. The molecule has 1 unspecified atom stereocenters. The smallest absolute Gasteiger partial charge is 0.278 e. The van der Waals surface area contributed by atoms with E-state index in [1.54, 1.807) is 36.2 Å². The Morgan fingerprint density at radius 2 is 2.13 bits per heavy atom. The number of fused-ring (bicyclic) bond motifs is 1. The first-order valence-corrected chi connectivity index (χ1v) is 7.43. The van der Waals surface area contributed by atoms with E-state index in [9.17, 15) is 14.4 Å². The summed E-state index contributed by atoms with van der Waals surface area (Å²) in [5, 5.41) is 10.8. The van der Waals surface area contributed by atoms with E-state index < -0.39 is 11.9 Å². The van der Waals surface area contributed by atoms with Crippen LogP contribution in [0.3, 0.4) is 0 Å². The number of nitrogens with one attached hydrogen (secondary N) is 1. The van der Waals surface area contributed by atoms with Crippen LogP contribution in [0.4, 0.5) is 0 Å². The predicted octanol–water partition coefficient (Wildman–Crippen LogP) is -0.471. The molecule has 2 amide bonds. The molecule has 1 fully saturated rings. The third-order valence-corrected chi connectivity index (χ3v) is 3.92. The maximum Gasteiger partial charge on any atom is 0.278 e. The number of likely N-dealkylation sites (tertiary alicyclic amines) is 1. The molecule has 1 N–H and O–H groups in total. The minimum atomic E-state index is -0.537. The number of hydrogen-bond donors (Lipinski definition) is 1. The minimum Gasteiger partial charge on any atom is -0.344 e. The van der Waals surface area contributed by atoms with Crippen molar-refractivity contribution in [2.24, 2.45) is 0 Å². The molecule has 3 rings (SSSR count). The van der Waals surface area contributed by atoms with E-state index in [-0.39, 0.29) is 18.0 Å². The molecule has 1 atom stereocenters. The molecule has 1 aromatic carbocycles. The van der Waals surface area contributed by atoms with Gasteiger partial charge in [0.2, 0.25) is 11.8 Å². The van der Waals surface area contributed by atoms with Crippen molar-refractivity contribution in [2.75, 3.05) is 13.6 Å². The number of nitrogens with zero attached hydrogens (tertiary/aromatic N) is 4. The molecule has 2 aromatic rings. The number of aromatic nitrogens is 3. The lowest BCUT2D eigenvalue weighted by molar-refractivity contribution is -0.137. The molecule has 0 radical (unpaired) electrons. The maximum atomic E-state index is 12.3. The summed E-state index contributed by atoms with van der Waals surface area (Å²) in [6.07, 6.45) is 1.44. The molecule has 1 aliphatic heterocycles. The summed E-state index contributed by atoms with van der Waals surface area (Å²) in [4.78, 5) is 38.0. The van der Waals surface area contributed by atoms with E-state index in [0.717, 1.165) is 11.1 Å². The van der Waals surface area contributed by atoms with Crippen LogP contribution in [-0.4, -0.2) is 51.3 Å². The van der Waals surface area contributed by atoms with Crippen LogP contribution in [0.25, 0.3) is 10.9 Å². The van der Waals surface area contributed by atoms with Crippen molar-refractivity contribution < 1.29 is 9.59 Å². The molecule has 1 aliphatic rings. The zero-order valence-electron chi connectivity index (χ0n) is 12.7. The summed E-state index contributed by atoms with van der Waals surface area (Å²) < 4.78 is 1.01. The maximum absolute atomic E-state index is 12.3. The van der Waals surface area contributed by atoms with Gasteiger partial charge in [-0.05, 0) is 25.0 Å². The van der Waals surface area contributed by atoms with Crippen LogP contribution < -0.4 is 10.9 Å². The summed E-state index contributed by atoms with van der Waals surface area (Å²) in [6.45, 7) is 0.435. The Balaban J connectivity index is 1.74. The lowest BCUT2D eigenvalue weighted by atomic mass is 10.1. The largest absolute Gasteiger partial charge is 0.344 e. The fourth-order valence-corrected chi connectivity index (χ4v) is 2.67. The Kier molecular flexibility index (Phi) is 4.05. The van der Waals surface area contributed by atoms with Gasteiger partial charge in [-0.15, -0.1) is 5.10 Å². The number of rotatable bonds is 3. The van der Waals surface area contributed by atoms with E-state index >= 15 is 0 Å². The second kappa shape index (κ2) is 6.15. The van der Waals surface area contributed by atoms with Crippen molar-refractivity contribution >= 4 is 22.7 Å². The molecular weight excluding hydrogens is 298 g/mol. The number of piperidine rings is 1. The first-order chi connectivity index (χ1) is 11.1. The second-order valence-electron chi connectivity index (χ2n) is 5.59. The summed E-state index contributed by atoms with van der Waals surface area (Å²) in [7, 11) is 1.71. The van der Waals surface area contributed by atoms with Gasteiger partial charge in [0.25, 0.3) is 5.56 Å². The van der Waals surface area contributed by atoms with Gasteiger partial charge in [-0.2, -0.15) is 0 Å². The molecular formula is C15H17N5O3. The first-order valence-electron chi connectivity index (χ1n) is 7.43. The first kappa shape index (κ1) is 15.1. The molecule has 1 saturated heterocycles. The molecule has 2 heterocycles. The van der Waals surface area contributed by atoms with Gasteiger partial charge in [-0.25, -0.2) is 4.68 Å². The van der Waals surface area contributed by atoms with Crippen LogP contribution in [0.5, 0.6) is 0 Å². The van der Waals surface area contributed by atoms with E-state index in [0.29, 0.717) is 23.9 Å². The number of amides is 2. The predicted molar refractivity (Wildman–Crippen MR) is 82.6 cm³/mol. The zero-order valence-corrected chi connectivity index (χ0v) is 12.7. The zero-order chi connectivity index (χ0) is 16.4. The monoisotopic (exact) mass is 315 g/mol. The fourth-order valence-electron chi connectivity index (χ4n) is 2.67. The molecule has 0 aliphatic carbocycles. The molecule has 0 spiro atoms. The normalized spacial score (nSPS) is 18.2. The summed E-state index contributed by atoms with van der Waals surface area (Å²) in [5.74, 6) is -0.535. The third kappa shape index (κ3) is 3.05. The van der Waals surface area contributed by atoms with Gasteiger partial charge in [0.15, 0.2) is 0 Å². The van der Waals surface area contributed by atoms with Crippen molar-refractivity contribution in [2.45, 2.75) is 25.4 Å². The average molecular weight is 315 g/mol. The number of hydrogen-bond acceptors (Lipinski definition) is 5. The average Bonchev–Trinajstić information content (AvgIpc) is 2.55. The van der Waals surface area contributed by atoms with Gasteiger partial charge in [0, 0.05) is 13.6 Å². The Labute approximate surface area is 132 Å². The highest BCUT2D eigenvalue weighted by Crippen LogP contribution is 2.09. The van der Waals surface area contributed by atoms with Gasteiger partial charge in [0.1, 0.15) is 18.1 Å². The highest BCUT2D eigenvalue weighted by Gasteiger charge is 2.27. The summed E-state index contributed by atoms with van der Waals surface area (Å²) >= 11 is 0. The minimum absolute atomic E-state index is 0.110. The van der Waals surface area contributed by atoms with E-state index in [1.165, 1.54) is 0 Å². The van der Waals surface area contributed by atoms with E-state index in [2.05, 4.69) is 15.6 Å². The van der Waals surface area contributed by atoms with Crippen LogP contribution in [-0.2, 0) is 16.1 Å². The number of likely N-dealkylation sites (N-methyl/N-ethyl adjacent to an activating group) is 1. The quantitative estimate of drug-likeness (QED) is 0.826. The second-order valence-corrected chi connectivity index (χ2v) is 5.59. The lowest BCUT2D eigenvalue weighted by Crippen LogP contribution is -2.51. The molecule has 8 nitrogen and oxygen atoms in total. The van der Waals surface area contributed by atoms with Crippen LogP contribution in [0.2, 0.25) is 0 Å². The summed E-state index contributed by atoms with van der Waals surface area (Å²) in [6, 6.07) is 6.28. The Morgan fingerprint density at radius 1 is 1.35 bits per heavy atom. The van der Waals surface area contributed by atoms with Crippen molar-refractivity contribution in [1.29, 1.82) is 0 Å². The topological polar surface area (TPSA) is 97.2 Å². The lowest BCUT2D eigenvalue weighted by Gasteiger charge is -2.29. The van der Waals surface area contributed by atoms with Gasteiger partial charge >= 0.3 is 0 Å². The molecule has 8 heteroatoms. The summed E-state index contributed by atoms with van der Waals surface area (Å²) in [5.41, 5.74) is 0.107. The molecule has 1 aromatic heterocycles. The van der Waals surface area contributed by atoms with Crippen LogP contribution >= 0.6 is 0 Å². The number of carbonyl (C=O) groups is 2. The standard InChI is InChI=1S/C15H17N5O3/c1-19-8-4-7-12(15(19)23)16-13(21)9-20-14(22)10-5-2-3-6-11(10)17-18-20/h2-3,5-6,12H,4,7-9H2,1H3,(H,16,21). The Hall–Kier alpha value is -2.77. The highest BCUT2D eigenvalue weighted by atomic mass is 16.2. The van der Waals surface area contributed by atoms with Crippen molar-refractivity contribution in [3.05, 3.63) is 34.6 Å². The van der Waals surface area contributed by atoms with Gasteiger partial charge in [0.05, 0.1) is 5.39 Å². The van der Waals surface area contributed by atoms with E-state index in [1.807, 2.05) is 0 Å². The number of benzene rings is 1. The van der Waals surface area contributed by atoms with Gasteiger partial charge in [-0.3, -0.25) is 14.4 Å². The van der Waals surface area contributed by atoms with Crippen LogP contribution in [0.15, 0.2) is 29.1 Å². The SMILES string of the molecule is CN1CCCC(NC(=O)Cn2nnc3ccccc3c2=O)C1=O. The van der Waals surface area contributed by atoms with Crippen molar-refractivity contribution in [3.63, 3.8) is 0 Å². The Bertz CT molecular complexity index is 816. The van der Waals surface area contributed by atoms with Crippen LogP contribution in [0.1, 0.15) is 12.8 Å². The van der Waals surface area contributed by atoms with Gasteiger partial charge < -0.3 is 10.2 Å². The van der Waals surface area contributed by atoms with Crippen molar-refractivity contribution in [1.82, 2.24) is 25.2 Å². The van der Waals surface area contributed by atoms with Crippen molar-refractivity contribution in [3.8, 4) is 0 Å². The third-order valence-electron chi connectivity index (χ3n) is 3.92. The highest BCUT2D eigenvalue weighted by molar-refractivity contribution is 5.88. The van der Waals surface area contributed by atoms with Crippen LogP contribution in [0, 0.1) is 0 Å². The molecule has 0 saturated carbocycles. The van der Waals surface area contributed by atoms with Gasteiger partial charge in [-0.1, -0.05) is 17.3 Å².